The number of aryl methyl sites for hydroxylation is 2. The average Bonchev–Trinajstić information content (AvgIpc) is 3.02. The number of benzene rings is 1. The van der Waals surface area contributed by atoms with Gasteiger partial charge in [0.2, 0.25) is 5.89 Å². The molecule has 3 rings (SSSR count). The second-order valence-electron chi connectivity index (χ2n) is 4.45. The Kier molecular flexibility index (Phi) is 2.91. The number of anilines is 1. The summed E-state index contributed by atoms with van der Waals surface area (Å²) in [5, 5.41) is 7.91. The van der Waals surface area contributed by atoms with Crippen molar-refractivity contribution in [3.8, 4) is 0 Å². The van der Waals surface area contributed by atoms with Gasteiger partial charge in [-0.05, 0) is 12.1 Å². The Morgan fingerprint density at radius 1 is 1.00 bits per heavy atom. The molecule has 0 saturated heterocycles. The van der Waals surface area contributed by atoms with Gasteiger partial charge in [-0.3, -0.25) is 0 Å². The number of fused-ring (bicyclic) bond motifs is 1. The molecule has 0 bridgehead atoms. The highest BCUT2D eigenvalue weighted by atomic mass is 16.4. The van der Waals surface area contributed by atoms with Crippen molar-refractivity contribution in [2.45, 2.75) is 12.8 Å². The fourth-order valence-corrected chi connectivity index (χ4v) is 1.77. The number of aromatic nitrogens is 3. The summed E-state index contributed by atoms with van der Waals surface area (Å²) >= 11 is 0. The molecular weight excluding hydrogens is 244 g/mol. The lowest BCUT2D eigenvalue weighted by molar-refractivity contribution is 0.470. The van der Waals surface area contributed by atoms with Crippen molar-refractivity contribution in [1.82, 2.24) is 15.2 Å². The average molecular weight is 258 g/mol. The van der Waals surface area contributed by atoms with E-state index in [1.165, 1.54) is 0 Å². The Balaban J connectivity index is 1.71. The van der Waals surface area contributed by atoms with E-state index in [-0.39, 0.29) is 0 Å². The van der Waals surface area contributed by atoms with Gasteiger partial charge in [-0.1, -0.05) is 17.2 Å². The van der Waals surface area contributed by atoms with Crippen molar-refractivity contribution < 1.29 is 8.83 Å². The third kappa shape index (κ3) is 2.42. The maximum Gasteiger partial charge on any atom is 0.317 e. The van der Waals surface area contributed by atoms with Crippen molar-refractivity contribution in [2.24, 2.45) is 0 Å². The molecule has 0 aliphatic heterocycles. The van der Waals surface area contributed by atoms with Crippen LogP contribution in [0.25, 0.3) is 11.1 Å². The van der Waals surface area contributed by atoms with Gasteiger partial charge in [0.05, 0.1) is 0 Å². The van der Waals surface area contributed by atoms with E-state index in [0.717, 1.165) is 11.1 Å². The van der Waals surface area contributed by atoms with Crippen molar-refractivity contribution in [3.05, 3.63) is 36.0 Å². The van der Waals surface area contributed by atoms with Crippen LogP contribution in [0.4, 0.5) is 6.01 Å². The normalized spacial score (nSPS) is 11.1. The maximum atomic E-state index is 5.63. The van der Waals surface area contributed by atoms with Crippen LogP contribution in [0.15, 0.2) is 33.1 Å². The first-order valence-electron chi connectivity index (χ1n) is 6.06. The van der Waals surface area contributed by atoms with Crippen LogP contribution in [0.5, 0.6) is 0 Å². The molecule has 2 aromatic heterocycles. The van der Waals surface area contributed by atoms with Crippen molar-refractivity contribution in [2.75, 3.05) is 19.0 Å². The second-order valence-corrected chi connectivity index (χ2v) is 4.45. The molecule has 0 fully saturated rings. The van der Waals surface area contributed by atoms with Crippen LogP contribution in [-0.2, 0) is 12.8 Å². The van der Waals surface area contributed by atoms with Crippen molar-refractivity contribution in [1.29, 1.82) is 0 Å². The second kappa shape index (κ2) is 4.72. The van der Waals surface area contributed by atoms with Gasteiger partial charge in [-0.15, -0.1) is 5.10 Å². The van der Waals surface area contributed by atoms with E-state index in [1.807, 2.05) is 38.4 Å². The van der Waals surface area contributed by atoms with Crippen LogP contribution < -0.4 is 4.90 Å². The minimum atomic E-state index is 0.507. The first kappa shape index (κ1) is 11.7. The smallest absolute Gasteiger partial charge is 0.317 e. The van der Waals surface area contributed by atoms with Gasteiger partial charge in [0, 0.05) is 26.9 Å². The highest BCUT2D eigenvalue weighted by molar-refractivity contribution is 5.72. The topological polar surface area (TPSA) is 68.2 Å². The summed E-state index contributed by atoms with van der Waals surface area (Å²) in [5.74, 6) is 1.27. The summed E-state index contributed by atoms with van der Waals surface area (Å²) in [7, 11) is 3.72. The Morgan fingerprint density at radius 3 is 2.53 bits per heavy atom. The summed E-state index contributed by atoms with van der Waals surface area (Å²) < 4.78 is 11.1. The first-order chi connectivity index (χ1) is 9.22. The molecule has 19 heavy (non-hydrogen) atoms. The lowest BCUT2D eigenvalue weighted by Gasteiger charge is -2.02. The molecular formula is C13H14N4O2. The predicted molar refractivity (Wildman–Crippen MR) is 70.0 cm³/mol. The van der Waals surface area contributed by atoms with E-state index in [4.69, 9.17) is 8.83 Å². The number of rotatable bonds is 4. The summed E-state index contributed by atoms with van der Waals surface area (Å²) in [6.45, 7) is 0. The lowest BCUT2D eigenvalue weighted by Crippen LogP contribution is -2.08. The Hall–Kier alpha value is -2.37. The van der Waals surface area contributed by atoms with E-state index >= 15 is 0 Å². The molecule has 98 valence electrons. The van der Waals surface area contributed by atoms with Gasteiger partial charge in [-0.2, -0.15) is 0 Å². The number of hydrogen-bond donors (Lipinski definition) is 0. The van der Waals surface area contributed by atoms with Gasteiger partial charge in [0.1, 0.15) is 5.52 Å². The number of hydrogen-bond acceptors (Lipinski definition) is 6. The molecule has 0 aliphatic carbocycles. The molecule has 6 heteroatoms. The van der Waals surface area contributed by atoms with E-state index in [2.05, 4.69) is 15.2 Å². The van der Waals surface area contributed by atoms with Gasteiger partial charge < -0.3 is 13.7 Å². The van der Waals surface area contributed by atoms with E-state index < -0.39 is 0 Å². The molecule has 0 saturated carbocycles. The van der Waals surface area contributed by atoms with E-state index in [0.29, 0.717) is 30.6 Å². The quantitative estimate of drug-likeness (QED) is 0.713. The van der Waals surface area contributed by atoms with Crippen LogP contribution in [0.1, 0.15) is 11.8 Å². The number of oxazole rings is 1. The third-order valence-electron chi connectivity index (χ3n) is 2.73. The van der Waals surface area contributed by atoms with Crippen LogP contribution >= 0.6 is 0 Å². The minimum absolute atomic E-state index is 0.507. The third-order valence-corrected chi connectivity index (χ3v) is 2.73. The molecule has 1 aromatic carbocycles. The molecule has 0 atom stereocenters. The standard InChI is InChI=1S/C13H14N4O2/c1-17(2)13-16-15-12(19-13)8-7-11-14-9-5-3-4-6-10(9)18-11/h3-6H,7-8H2,1-2H3. The Bertz CT molecular complexity index is 654. The highest BCUT2D eigenvalue weighted by Gasteiger charge is 2.10. The largest absolute Gasteiger partial charge is 0.441 e. The predicted octanol–water partition coefficient (Wildman–Crippen LogP) is 2.06. The SMILES string of the molecule is CN(C)c1nnc(CCc2nc3ccccc3o2)o1. The molecule has 0 aliphatic rings. The Morgan fingerprint density at radius 2 is 1.79 bits per heavy atom. The summed E-state index contributed by atoms with van der Waals surface area (Å²) in [6, 6.07) is 8.21. The maximum absolute atomic E-state index is 5.63. The van der Waals surface area contributed by atoms with E-state index in [9.17, 15) is 0 Å². The van der Waals surface area contributed by atoms with Crippen LogP contribution in [0.3, 0.4) is 0 Å². The molecule has 2 heterocycles. The van der Waals surface area contributed by atoms with Crippen LogP contribution in [0, 0.1) is 0 Å². The summed E-state index contributed by atoms with van der Waals surface area (Å²) in [5.41, 5.74) is 1.68. The molecule has 0 spiro atoms. The van der Waals surface area contributed by atoms with Crippen LogP contribution in [0.2, 0.25) is 0 Å². The van der Waals surface area contributed by atoms with Gasteiger partial charge in [0.25, 0.3) is 0 Å². The Labute approximate surface area is 110 Å². The first-order valence-corrected chi connectivity index (χ1v) is 6.06. The minimum Gasteiger partial charge on any atom is -0.441 e. The highest BCUT2D eigenvalue weighted by Crippen LogP contribution is 2.16. The number of para-hydroxylation sites is 2. The zero-order valence-electron chi connectivity index (χ0n) is 10.8. The molecule has 0 N–H and O–H groups in total. The zero-order chi connectivity index (χ0) is 13.2. The molecule has 0 radical (unpaired) electrons. The van der Waals surface area contributed by atoms with Gasteiger partial charge >= 0.3 is 6.01 Å². The molecule has 6 nitrogen and oxygen atoms in total. The van der Waals surface area contributed by atoms with Crippen molar-refractivity contribution in [3.63, 3.8) is 0 Å². The van der Waals surface area contributed by atoms with Crippen LogP contribution in [-0.4, -0.2) is 29.3 Å². The van der Waals surface area contributed by atoms with E-state index in [1.54, 1.807) is 4.90 Å². The lowest BCUT2D eigenvalue weighted by atomic mass is 10.3. The fraction of sp³-hybridized carbons (Fsp3) is 0.308. The molecule has 3 aromatic rings. The summed E-state index contributed by atoms with van der Waals surface area (Å²) in [6.07, 6.45) is 1.26. The van der Waals surface area contributed by atoms with Crippen molar-refractivity contribution >= 4 is 17.1 Å². The molecule has 0 amide bonds. The number of nitrogens with zero attached hydrogens (tertiary/aromatic N) is 4. The monoisotopic (exact) mass is 258 g/mol. The van der Waals surface area contributed by atoms with Gasteiger partial charge in [-0.25, -0.2) is 4.98 Å². The fourth-order valence-electron chi connectivity index (χ4n) is 1.77. The zero-order valence-corrected chi connectivity index (χ0v) is 10.8. The molecule has 0 unspecified atom stereocenters. The summed E-state index contributed by atoms with van der Waals surface area (Å²) in [4.78, 5) is 6.18. The van der Waals surface area contributed by atoms with Gasteiger partial charge in [0.15, 0.2) is 11.5 Å².